The van der Waals surface area contributed by atoms with Gasteiger partial charge in [-0.15, -0.1) is 4.91 Å². The average molecular weight is 284 g/mol. The molecule has 19 heavy (non-hydrogen) atoms. The minimum atomic E-state index is -0.841. The van der Waals surface area contributed by atoms with Crippen molar-refractivity contribution in [2.45, 2.75) is 18.3 Å². The molecular formula is C13H18ClN3O2. The van der Waals surface area contributed by atoms with Crippen molar-refractivity contribution in [3.8, 4) is 0 Å². The molecule has 1 atom stereocenters. The van der Waals surface area contributed by atoms with Crippen molar-refractivity contribution < 1.29 is 4.74 Å². The molecule has 1 aliphatic rings. The van der Waals surface area contributed by atoms with Gasteiger partial charge >= 0.3 is 0 Å². The Labute approximate surface area is 117 Å². The Morgan fingerprint density at radius 3 is 3.00 bits per heavy atom. The highest BCUT2D eigenvalue weighted by atomic mass is 35.5. The molecular weight excluding hydrogens is 266 g/mol. The van der Waals surface area contributed by atoms with Gasteiger partial charge in [-0.25, -0.2) is 0 Å². The zero-order valence-electron chi connectivity index (χ0n) is 10.8. The molecule has 0 spiro atoms. The van der Waals surface area contributed by atoms with E-state index in [1.165, 1.54) is 0 Å². The largest absolute Gasteiger partial charge is 0.379 e. The number of halogens is 1. The van der Waals surface area contributed by atoms with Gasteiger partial charge in [0.1, 0.15) is 0 Å². The molecule has 5 nitrogen and oxygen atoms in total. The molecule has 1 saturated heterocycles. The second-order valence-electron chi connectivity index (χ2n) is 4.54. The van der Waals surface area contributed by atoms with Crippen molar-refractivity contribution in [3.05, 3.63) is 34.5 Å². The van der Waals surface area contributed by atoms with Crippen LogP contribution in [0.25, 0.3) is 0 Å². The predicted molar refractivity (Wildman–Crippen MR) is 74.2 cm³/mol. The summed E-state index contributed by atoms with van der Waals surface area (Å²) < 4.78 is 5.31. The number of rotatable bonds is 6. The Bertz CT molecular complexity index is 411. The molecule has 2 heterocycles. The van der Waals surface area contributed by atoms with Crippen LogP contribution in [0.1, 0.15) is 23.2 Å². The van der Waals surface area contributed by atoms with Crippen LogP contribution in [0.3, 0.4) is 0 Å². The van der Waals surface area contributed by atoms with Gasteiger partial charge in [-0.1, -0.05) is 17.7 Å². The number of morpholine rings is 1. The van der Waals surface area contributed by atoms with Crippen molar-refractivity contribution in [2.24, 2.45) is 5.18 Å². The molecule has 0 bridgehead atoms. The maximum Gasteiger partial charge on any atom is 0.192 e. The summed E-state index contributed by atoms with van der Waals surface area (Å²) in [6, 6.07) is 3.59. The first kappa shape index (κ1) is 14.4. The normalized spacial score (nSPS) is 18.2. The van der Waals surface area contributed by atoms with Gasteiger partial charge in [-0.2, -0.15) is 0 Å². The molecule has 0 aliphatic carbocycles. The van der Waals surface area contributed by atoms with Gasteiger partial charge < -0.3 is 4.74 Å². The van der Waals surface area contributed by atoms with Crippen molar-refractivity contribution in [2.75, 3.05) is 32.8 Å². The van der Waals surface area contributed by atoms with Crippen LogP contribution in [0.5, 0.6) is 0 Å². The number of ether oxygens (including phenoxy) is 1. The summed E-state index contributed by atoms with van der Waals surface area (Å²) in [6.07, 6.45) is 3.53. The Morgan fingerprint density at radius 2 is 2.26 bits per heavy atom. The van der Waals surface area contributed by atoms with Gasteiger partial charge in [0.2, 0.25) is 0 Å². The molecule has 1 aliphatic heterocycles. The second-order valence-corrected chi connectivity index (χ2v) is 4.95. The molecule has 1 aromatic rings. The molecule has 1 aromatic heterocycles. The Hall–Kier alpha value is -1.04. The monoisotopic (exact) mass is 283 g/mol. The number of pyridine rings is 1. The highest BCUT2D eigenvalue weighted by Crippen LogP contribution is 2.24. The maximum atomic E-state index is 10.5. The molecule has 1 fully saturated rings. The minimum absolute atomic E-state index is 0.723. The summed E-state index contributed by atoms with van der Waals surface area (Å²) in [5.74, 6) is 0. The highest BCUT2D eigenvalue weighted by Gasteiger charge is 2.14. The molecule has 0 saturated carbocycles. The molecule has 6 heteroatoms. The van der Waals surface area contributed by atoms with Gasteiger partial charge in [0.05, 0.1) is 13.2 Å². The topological polar surface area (TPSA) is 54.8 Å². The van der Waals surface area contributed by atoms with Gasteiger partial charge in [-0.05, 0) is 30.6 Å². The first-order valence-electron chi connectivity index (χ1n) is 6.51. The standard InChI is InChI=1S/C13H18ClN3O2/c14-13(16-18)11-3-1-5-15-12(11)4-2-6-17-7-9-19-10-8-17/h1,3,5,13H,2,4,6-10H2. The Morgan fingerprint density at radius 1 is 1.47 bits per heavy atom. The summed E-state index contributed by atoms with van der Waals surface area (Å²) in [7, 11) is 0. The van der Waals surface area contributed by atoms with Gasteiger partial charge in [-0.3, -0.25) is 9.88 Å². The number of alkyl halides is 1. The van der Waals surface area contributed by atoms with Crippen molar-refractivity contribution >= 4 is 11.6 Å². The smallest absolute Gasteiger partial charge is 0.192 e. The van der Waals surface area contributed by atoms with E-state index in [9.17, 15) is 4.91 Å². The van der Waals surface area contributed by atoms with E-state index in [0.717, 1.165) is 56.9 Å². The average Bonchev–Trinajstić information content (AvgIpc) is 2.48. The molecule has 0 radical (unpaired) electrons. The summed E-state index contributed by atoms with van der Waals surface area (Å²) in [6.45, 7) is 4.62. The van der Waals surface area contributed by atoms with E-state index < -0.39 is 5.50 Å². The van der Waals surface area contributed by atoms with E-state index in [1.807, 2.05) is 6.07 Å². The van der Waals surface area contributed by atoms with E-state index in [0.29, 0.717) is 0 Å². The van der Waals surface area contributed by atoms with Gasteiger partial charge in [0, 0.05) is 30.5 Å². The van der Waals surface area contributed by atoms with Crippen LogP contribution in [0.2, 0.25) is 0 Å². The van der Waals surface area contributed by atoms with E-state index in [2.05, 4.69) is 15.1 Å². The Kier molecular flexibility index (Phi) is 5.69. The van der Waals surface area contributed by atoms with Crippen molar-refractivity contribution in [1.82, 2.24) is 9.88 Å². The van der Waals surface area contributed by atoms with E-state index in [4.69, 9.17) is 16.3 Å². The number of hydrogen-bond acceptors (Lipinski definition) is 5. The third-order valence-corrected chi connectivity index (χ3v) is 3.58. The number of aryl methyl sites for hydroxylation is 1. The quantitative estimate of drug-likeness (QED) is 0.457. The van der Waals surface area contributed by atoms with Gasteiger partial charge in [0.25, 0.3) is 0 Å². The third-order valence-electron chi connectivity index (χ3n) is 3.27. The summed E-state index contributed by atoms with van der Waals surface area (Å²) >= 11 is 5.88. The lowest BCUT2D eigenvalue weighted by Gasteiger charge is -2.26. The zero-order chi connectivity index (χ0) is 13.5. The molecule has 0 N–H and O–H groups in total. The highest BCUT2D eigenvalue weighted by molar-refractivity contribution is 6.20. The first-order chi connectivity index (χ1) is 9.31. The lowest BCUT2D eigenvalue weighted by Crippen LogP contribution is -2.37. The van der Waals surface area contributed by atoms with Crippen LogP contribution >= 0.6 is 11.6 Å². The maximum absolute atomic E-state index is 10.5. The van der Waals surface area contributed by atoms with E-state index in [1.54, 1.807) is 12.3 Å². The number of hydrogen-bond donors (Lipinski definition) is 0. The number of nitrogens with zero attached hydrogens (tertiary/aromatic N) is 3. The Balaban J connectivity index is 1.86. The first-order valence-corrected chi connectivity index (χ1v) is 6.95. The molecule has 0 aromatic carbocycles. The lowest BCUT2D eigenvalue weighted by molar-refractivity contribution is 0.0374. The second kappa shape index (κ2) is 7.53. The fourth-order valence-corrected chi connectivity index (χ4v) is 2.43. The SMILES string of the molecule is O=NC(Cl)c1cccnc1CCCN1CCOCC1. The summed E-state index contributed by atoms with van der Waals surface area (Å²) in [5, 5.41) is 2.87. The van der Waals surface area contributed by atoms with Crippen LogP contribution in [0.15, 0.2) is 23.5 Å². The van der Waals surface area contributed by atoms with Crippen LogP contribution in [0, 0.1) is 4.91 Å². The molecule has 1 unspecified atom stereocenters. The van der Waals surface area contributed by atoms with Crippen molar-refractivity contribution in [1.29, 1.82) is 0 Å². The fraction of sp³-hybridized carbons (Fsp3) is 0.615. The fourth-order valence-electron chi connectivity index (χ4n) is 2.23. The lowest BCUT2D eigenvalue weighted by atomic mass is 10.1. The summed E-state index contributed by atoms with van der Waals surface area (Å²) in [5.41, 5.74) is 0.753. The third kappa shape index (κ3) is 4.23. The van der Waals surface area contributed by atoms with Crippen molar-refractivity contribution in [3.63, 3.8) is 0 Å². The zero-order valence-corrected chi connectivity index (χ0v) is 11.6. The van der Waals surface area contributed by atoms with Crippen LogP contribution < -0.4 is 0 Å². The van der Waals surface area contributed by atoms with Gasteiger partial charge in [0.15, 0.2) is 5.50 Å². The molecule has 0 amide bonds. The van der Waals surface area contributed by atoms with Crippen LogP contribution in [0.4, 0.5) is 0 Å². The molecule has 104 valence electrons. The number of nitroso groups, excluding NO2 is 1. The van der Waals surface area contributed by atoms with Crippen LogP contribution in [-0.2, 0) is 11.2 Å². The predicted octanol–water partition coefficient (Wildman–Crippen LogP) is 2.35. The van der Waals surface area contributed by atoms with Crippen LogP contribution in [-0.4, -0.2) is 42.7 Å². The van der Waals surface area contributed by atoms with E-state index >= 15 is 0 Å². The van der Waals surface area contributed by atoms with E-state index in [-0.39, 0.29) is 0 Å². The summed E-state index contributed by atoms with van der Waals surface area (Å²) in [4.78, 5) is 17.2. The molecule has 2 rings (SSSR count). The number of aromatic nitrogens is 1. The minimum Gasteiger partial charge on any atom is -0.379 e.